The zero-order valence-corrected chi connectivity index (χ0v) is 15.7. The Morgan fingerprint density at radius 2 is 1.68 bits per heavy atom. The molecular weight excluding hydrogens is 304 g/mol. The molecule has 0 rings (SSSR count). The lowest BCUT2D eigenvalue weighted by molar-refractivity contribution is 0.0514. The number of carbonyl (C=O) groups excluding carboxylic acids is 1. The standard InChI is InChI=1S/C15H32N2O4S/c1-11(2)13(8-16-12(3)10-22(7,19)20)9-17-14(18)21-15(4,5)6/h11-13,16H,8-10H2,1-7H3,(H,17,18). The van der Waals surface area contributed by atoms with Crippen LogP contribution in [-0.4, -0.2) is 51.3 Å². The Morgan fingerprint density at radius 3 is 2.09 bits per heavy atom. The topological polar surface area (TPSA) is 84.5 Å². The Hall–Kier alpha value is -0.820. The van der Waals surface area contributed by atoms with Crippen molar-refractivity contribution in [3.8, 4) is 0 Å². The Bertz CT molecular complexity index is 441. The maximum absolute atomic E-state index is 11.7. The van der Waals surface area contributed by atoms with E-state index >= 15 is 0 Å². The van der Waals surface area contributed by atoms with Crippen LogP contribution in [0.4, 0.5) is 4.79 Å². The molecule has 0 spiro atoms. The van der Waals surface area contributed by atoms with E-state index in [4.69, 9.17) is 4.74 Å². The monoisotopic (exact) mass is 336 g/mol. The Balaban J connectivity index is 4.30. The van der Waals surface area contributed by atoms with Crippen molar-refractivity contribution in [3.63, 3.8) is 0 Å². The molecule has 0 heterocycles. The van der Waals surface area contributed by atoms with Gasteiger partial charge in [0.25, 0.3) is 0 Å². The number of amides is 1. The van der Waals surface area contributed by atoms with Crippen molar-refractivity contribution >= 4 is 15.9 Å². The van der Waals surface area contributed by atoms with Crippen LogP contribution in [0.2, 0.25) is 0 Å². The Morgan fingerprint density at radius 1 is 1.14 bits per heavy atom. The molecule has 132 valence electrons. The van der Waals surface area contributed by atoms with Gasteiger partial charge in [-0.2, -0.15) is 0 Å². The molecule has 22 heavy (non-hydrogen) atoms. The Labute approximate surface area is 135 Å². The maximum atomic E-state index is 11.7. The summed E-state index contributed by atoms with van der Waals surface area (Å²) in [6, 6.07) is -0.113. The van der Waals surface area contributed by atoms with Crippen LogP contribution in [0, 0.1) is 11.8 Å². The average Bonchev–Trinajstić information content (AvgIpc) is 2.23. The lowest BCUT2D eigenvalue weighted by Crippen LogP contribution is -2.42. The molecule has 0 aliphatic heterocycles. The number of rotatable bonds is 8. The van der Waals surface area contributed by atoms with Gasteiger partial charge in [0.15, 0.2) is 0 Å². The fourth-order valence-corrected chi connectivity index (χ4v) is 2.96. The van der Waals surface area contributed by atoms with Crippen molar-refractivity contribution in [3.05, 3.63) is 0 Å². The van der Waals surface area contributed by atoms with Gasteiger partial charge >= 0.3 is 6.09 Å². The summed E-state index contributed by atoms with van der Waals surface area (Å²) in [6.07, 6.45) is 0.803. The molecule has 1 amide bonds. The van der Waals surface area contributed by atoms with Crippen LogP contribution in [0.25, 0.3) is 0 Å². The minimum absolute atomic E-state index is 0.108. The van der Waals surface area contributed by atoms with E-state index < -0.39 is 21.5 Å². The fourth-order valence-electron chi connectivity index (χ4n) is 1.94. The van der Waals surface area contributed by atoms with Crippen LogP contribution >= 0.6 is 0 Å². The van der Waals surface area contributed by atoms with Crippen molar-refractivity contribution in [2.45, 2.75) is 53.2 Å². The summed E-state index contributed by atoms with van der Waals surface area (Å²) in [5.41, 5.74) is -0.514. The van der Waals surface area contributed by atoms with E-state index in [9.17, 15) is 13.2 Å². The van der Waals surface area contributed by atoms with Gasteiger partial charge in [-0.15, -0.1) is 0 Å². The predicted octanol–water partition coefficient (Wildman–Crippen LogP) is 1.81. The molecule has 0 aliphatic carbocycles. The summed E-state index contributed by atoms with van der Waals surface area (Å²) in [4.78, 5) is 11.7. The normalized spacial score (nSPS) is 15.5. The van der Waals surface area contributed by atoms with Gasteiger partial charge in [0.05, 0.1) is 5.75 Å². The maximum Gasteiger partial charge on any atom is 0.407 e. The van der Waals surface area contributed by atoms with Crippen LogP contribution < -0.4 is 10.6 Å². The molecule has 6 nitrogen and oxygen atoms in total. The summed E-state index contributed by atoms with van der Waals surface area (Å²) in [6.45, 7) is 12.6. The number of hydrogen-bond acceptors (Lipinski definition) is 5. The molecule has 0 aromatic heterocycles. The van der Waals surface area contributed by atoms with Gasteiger partial charge in [-0.1, -0.05) is 13.8 Å². The van der Waals surface area contributed by atoms with Crippen molar-refractivity contribution < 1.29 is 17.9 Å². The zero-order chi connectivity index (χ0) is 17.6. The molecule has 0 bridgehead atoms. The molecular formula is C15H32N2O4S. The summed E-state index contributed by atoms with van der Waals surface area (Å²) in [5, 5.41) is 5.99. The number of ether oxygens (including phenoxy) is 1. The van der Waals surface area contributed by atoms with E-state index in [1.165, 1.54) is 6.26 Å². The molecule has 0 saturated heterocycles. The molecule has 0 aromatic carbocycles. The highest BCUT2D eigenvalue weighted by Gasteiger charge is 2.20. The highest BCUT2D eigenvalue weighted by molar-refractivity contribution is 7.90. The van der Waals surface area contributed by atoms with Gasteiger partial charge in [0.1, 0.15) is 15.4 Å². The molecule has 0 radical (unpaired) electrons. The number of carbonyl (C=O) groups is 1. The van der Waals surface area contributed by atoms with E-state index in [1.54, 1.807) is 0 Å². The Kier molecular flexibility index (Phi) is 8.39. The van der Waals surface area contributed by atoms with Crippen molar-refractivity contribution in [2.24, 2.45) is 11.8 Å². The van der Waals surface area contributed by atoms with Crippen LogP contribution in [0.5, 0.6) is 0 Å². The average molecular weight is 336 g/mol. The van der Waals surface area contributed by atoms with Gasteiger partial charge in [-0.25, -0.2) is 13.2 Å². The molecule has 0 aromatic rings. The van der Waals surface area contributed by atoms with Crippen LogP contribution in [-0.2, 0) is 14.6 Å². The predicted molar refractivity (Wildman–Crippen MR) is 89.7 cm³/mol. The first-order chi connectivity index (χ1) is 9.80. The number of sulfone groups is 1. The molecule has 0 aliphatic rings. The van der Waals surface area contributed by atoms with Crippen molar-refractivity contribution in [1.82, 2.24) is 10.6 Å². The highest BCUT2D eigenvalue weighted by Crippen LogP contribution is 2.10. The molecule has 2 unspecified atom stereocenters. The van der Waals surface area contributed by atoms with E-state index in [-0.39, 0.29) is 17.7 Å². The molecule has 2 N–H and O–H groups in total. The van der Waals surface area contributed by atoms with Gasteiger partial charge in [-0.05, 0) is 39.5 Å². The van der Waals surface area contributed by atoms with Crippen LogP contribution in [0.15, 0.2) is 0 Å². The second-order valence-corrected chi connectivity index (χ2v) is 9.47. The summed E-state index contributed by atoms with van der Waals surface area (Å²) < 4.78 is 27.7. The third kappa shape index (κ3) is 11.8. The number of alkyl carbamates (subject to hydrolysis) is 1. The lowest BCUT2D eigenvalue weighted by atomic mass is 9.95. The van der Waals surface area contributed by atoms with Crippen LogP contribution in [0.1, 0.15) is 41.5 Å². The van der Waals surface area contributed by atoms with Crippen molar-refractivity contribution in [2.75, 3.05) is 25.1 Å². The molecule has 0 fully saturated rings. The number of nitrogens with one attached hydrogen (secondary N) is 2. The van der Waals surface area contributed by atoms with Gasteiger partial charge in [0.2, 0.25) is 0 Å². The first-order valence-electron chi connectivity index (χ1n) is 7.68. The second-order valence-electron chi connectivity index (χ2n) is 7.29. The van der Waals surface area contributed by atoms with E-state index in [0.29, 0.717) is 19.0 Å². The smallest absolute Gasteiger partial charge is 0.407 e. The fraction of sp³-hybridized carbons (Fsp3) is 0.933. The minimum Gasteiger partial charge on any atom is -0.444 e. The SMILES string of the molecule is CC(CS(C)(=O)=O)NCC(CNC(=O)OC(C)(C)C)C(C)C. The summed E-state index contributed by atoms with van der Waals surface area (Å²) in [5.74, 6) is 0.666. The first-order valence-corrected chi connectivity index (χ1v) is 9.74. The highest BCUT2D eigenvalue weighted by atomic mass is 32.2. The molecule has 2 atom stereocenters. The number of hydrogen-bond donors (Lipinski definition) is 2. The van der Waals surface area contributed by atoms with Crippen LogP contribution in [0.3, 0.4) is 0 Å². The van der Waals surface area contributed by atoms with Crippen molar-refractivity contribution in [1.29, 1.82) is 0 Å². The second kappa shape index (κ2) is 8.72. The summed E-state index contributed by atoms with van der Waals surface area (Å²) in [7, 11) is -2.99. The molecule has 7 heteroatoms. The van der Waals surface area contributed by atoms with E-state index in [2.05, 4.69) is 24.5 Å². The minimum atomic E-state index is -2.99. The van der Waals surface area contributed by atoms with Gasteiger partial charge < -0.3 is 15.4 Å². The quantitative estimate of drug-likeness (QED) is 0.706. The first kappa shape index (κ1) is 21.2. The summed E-state index contributed by atoms with van der Waals surface area (Å²) >= 11 is 0. The van der Waals surface area contributed by atoms with Gasteiger partial charge in [0, 0.05) is 25.4 Å². The molecule has 0 saturated carbocycles. The third-order valence-electron chi connectivity index (χ3n) is 3.13. The third-order valence-corrected chi connectivity index (χ3v) is 4.24. The lowest BCUT2D eigenvalue weighted by Gasteiger charge is -2.25. The van der Waals surface area contributed by atoms with E-state index in [1.807, 2.05) is 27.7 Å². The van der Waals surface area contributed by atoms with E-state index in [0.717, 1.165) is 0 Å². The van der Waals surface area contributed by atoms with Gasteiger partial charge in [-0.3, -0.25) is 0 Å². The largest absolute Gasteiger partial charge is 0.444 e. The zero-order valence-electron chi connectivity index (χ0n) is 14.9.